The third-order valence-electron chi connectivity index (χ3n) is 12.0. The van der Waals surface area contributed by atoms with Crippen LogP contribution in [0.25, 0.3) is 0 Å². The number of hydrogen-bond donors (Lipinski definition) is 0. The minimum atomic E-state index is -0.160. The lowest BCUT2D eigenvalue weighted by atomic mass is 9.42. The molecule has 6 rings (SSSR count). The molecule has 5 saturated carbocycles. The number of carbonyl (C=O) groups is 2. The number of carbonyl (C=O) groups excluding carboxylic acids is 2. The molecule has 0 radical (unpaired) electrons. The summed E-state index contributed by atoms with van der Waals surface area (Å²) in [4.78, 5) is 24.8. The summed E-state index contributed by atoms with van der Waals surface area (Å²) in [6.07, 6.45) is 13.1. The molecule has 6 fully saturated rings. The van der Waals surface area contributed by atoms with Crippen molar-refractivity contribution in [2.24, 2.45) is 39.9 Å². The van der Waals surface area contributed by atoms with Gasteiger partial charge in [0.2, 0.25) is 0 Å². The van der Waals surface area contributed by atoms with Crippen molar-refractivity contribution < 1.29 is 19.1 Å². The van der Waals surface area contributed by atoms with Gasteiger partial charge in [-0.25, -0.2) is 0 Å². The molecule has 8 unspecified atom stereocenters. The molecule has 6 aliphatic rings. The van der Waals surface area contributed by atoms with E-state index in [9.17, 15) is 9.59 Å². The standard InChI is InChI=1S/C27H40O4/c1-16(28)26-10-6-5-7-18(26)13-22-20-14-23-27(31-23)15-19(30-17(2)29)8-11-25(27,4)21(20)9-12-24(22,26)3/h18-23H,5-15H2,1-4H3/t18?,19?,20?,21?,22?,23-,24?,25?,26?,27-/m0/s1. The van der Waals surface area contributed by atoms with Crippen LogP contribution < -0.4 is 0 Å². The van der Waals surface area contributed by atoms with Gasteiger partial charge in [-0.2, -0.15) is 0 Å². The van der Waals surface area contributed by atoms with Gasteiger partial charge in [0.25, 0.3) is 0 Å². The molecular formula is C27H40O4. The fraction of sp³-hybridized carbons (Fsp3) is 0.926. The molecule has 4 heteroatoms. The van der Waals surface area contributed by atoms with Crippen molar-refractivity contribution in [3.8, 4) is 0 Å². The van der Waals surface area contributed by atoms with Crippen LogP contribution in [0.5, 0.6) is 0 Å². The Kier molecular flexibility index (Phi) is 4.25. The molecule has 1 spiro atoms. The van der Waals surface area contributed by atoms with E-state index in [1.165, 1.54) is 45.4 Å². The first-order chi connectivity index (χ1) is 14.7. The van der Waals surface area contributed by atoms with Crippen molar-refractivity contribution in [2.75, 3.05) is 0 Å². The maximum Gasteiger partial charge on any atom is 0.302 e. The number of rotatable bonds is 2. The number of epoxide rings is 1. The van der Waals surface area contributed by atoms with E-state index in [1.54, 1.807) is 0 Å². The van der Waals surface area contributed by atoms with E-state index in [0.29, 0.717) is 35.6 Å². The van der Waals surface area contributed by atoms with E-state index in [1.807, 2.05) is 6.92 Å². The van der Waals surface area contributed by atoms with E-state index in [2.05, 4.69) is 13.8 Å². The summed E-state index contributed by atoms with van der Waals surface area (Å²) in [7, 11) is 0. The number of esters is 1. The van der Waals surface area contributed by atoms with Crippen LogP contribution in [-0.4, -0.2) is 29.6 Å². The minimum absolute atomic E-state index is 0.0244. The van der Waals surface area contributed by atoms with Gasteiger partial charge in [0.1, 0.15) is 17.5 Å². The summed E-state index contributed by atoms with van der Waals surface area (Å²) in [5.74, 6) is 2.98. The monoisotopic (exact) mass is 428 g/mol. The third kappa shape index (κ3) is 2.36. The first-order valence-corrected chi connectivity index (χ1v) is 13.0. The Balaban J connectivity index is 1.33. The zero-order chi connectivity index (χ0) is 21.8. The average molecular weight is 429 g/mol. The molecule has 10 atom stereocenters. The molecule has 1 saturated heterocycles. The Morgan fingerprint density at radius 1 is 0.903 bits per heavy atom. The van der Waals surface area contributed by atoms with Gasteiger partial charge in [0, 0.05) is 24.2 Å². The van der Waals surface area contributed by atoms with Crippen LogP contribution >= 0.6 is 0 Å². The quantitative estimate of drug-likeness (QED) is 0.432. The van der Waals surface area contributed by atoms with E-state index >= 15 is 0 Å². The second-order valence-corrected chi connectivity index (χ2v) is 12.7. The lowest BCUT2D eigenvalue weighted by Gasteiger charge is -2.61. The van der Waals surface area contributed by atoms with Crippen LogP contribution in [0.15, 0.2) is 0 Å². The molecule has 0 aromatic carbocycles. The first-order valence-electron chi connectivity index (χ1n) is 13.0. The predicted octanol–water partition coefficient (Wildman–Crippen LogP) is 5.47. The van der Waals surface area contributed by atoms with Crippen molar-refractivity contribution in [1.29, 1.82) is 0 Å². The molecule has 0 aromatic heterocycles. The highest BCUT2D eigenvalue weighted by molar-refractivity contribution is 5.84. The summed E-state index contributed by atoms with van der Waals surface area (Å²) in [5, 5.41) is 0. The summed E-state index contributed by atoms with van der Waals surface area (Å²) >= 11 is 0. The van der Waals surface area contributed by atoms with Crippen molar-refractivity contribution in [2.45, 2.75) is 116 Å². The molecule has 4 nitrogen and oxygen atoms in total. The number of hydrogen-bond acceptors (Lipinski definition) is 4. The van der Waals surface area contributed by atoms with Gasteiger partial charge in [-0.05, 0) is 87.4 Å². The van der Waals surface area contributed by atoms with Gasteiger partial charge in [0.15, 0.2) is 0 Å². The Hall–Kier alpha value is -0.900. The lowest BCUT2D eigenvalue weighted by molar-refractivity contribution is -0.163. The summed E-state index contributed by atoms with van der Waals surface area (Å²) < 4.78 is 12.2. The molecule has 172 valence electrons. The van der Waals surface area contributed by atoms with Gasteiger partial charge in [-0.15, -0.1) is 0 Å². The zero-order valence-corrected chi connectivity index (χ0v) is 19.9. The van der Waals surface area contributed by atoms with Crippen LogP contribution in [-0.2, 0) is 19.1 Å². The van der Waals surface area contributed by atoms with Crippen molar-refractivity contribution >= 4 is 11.8 Å². The van der Waals surface area contributed by atoms with Crippen LogP contribution in [0, 0.1) is 39.9 Å². The Morgan fingerprint density at radius 2 is 1.68 bits per heavy atom. The minimum Gasteiger partial charge on any atom is -0.462 e. The van der Waals surface area contributed by atoms with Crippen LogP contribution in [0.3, 0.4) is 0 Å². The molecule has 5 aliphatic carbocycles. The SMILES string of the molecule is CC(=O)OC1CCC2(C)C3CCC4(C)C(CC5CCCCC54C(C)=O)C3C[C@@H]3O[C@@]32C1. The van der Waals surface area contributed by atoms with Crippen molar-refractivity contribution in [1.82, 2.24) is 0 Å². The first kappa shape index (κ1) is 20.7. The predicted molar refractivity (Wildman–Crippen MR) is 117 cm³/mol. The van der Waals surface area contributed by atoms with Gasteiger partial charge in [0.05, 0.1) is 6.10 Å². The lowest BCUT2D eigenvalue weighted by Crippen LogP contribution is -2.60. The summed E-state index contributed by atoms with van der Waals surface area (Å²) in [5.41, 5.74) is 0.235. The normalized spacial score (nSPS) is 56.9. The maximum atomic E-state index is 13.2. The zero-order valence-electron chi connectivity index (χ0n) is 19.9. The topological polar surface area (TPSA) is 55.9 Å². The Bertz CT molecular complexity index is 822. The van der Waals surface area contributed by atoms with Crippen molar-refractivity contribution in [3.05, 3.63) is 0 Å². The van der Waals surface area contributed by atoms with Gasteiger partial charge < -0.3 is 9.47 Å². The third-order valence-corrected chi connectivity index (χ3v) is 12.0. The number of Topliss-reactive ketones (excluding diaryl/α,β-unsaturated/α-hetero) is 1. The molecule has 0 amide bonds. The molecule has 1 heterocycles. The maximum absolute atomic E-state index is 13.2. The molecule has 0 N–H and O–H groups in total. The van der Waals surface area contributed by atoms with Gasteiger partial charge >= 0.3 is 5.97 Å². The molecule has 0 bridgehead atoms. The molecule has 31 heavy (non-hydrogen) atoms. The molecular weight excluding hydrogens is 388 g/mol. The fourth-order valence-electron chi connectivity index (χ4n) is 10.8. The average Bonchev–Trinajstić information content (AvgIpc) is 3.33. The van der Waals surface area contributed by atoms with E-state index in [-0.39, 0.29) is 33.9 Å². The van der Waals surface area contributed by atoms with Crippen LogP contribution in [0.1, 0.15) is 98.3 Å². The smallest absolute Gasteiger partial charge is 0.302 e. The largest absolute Gasteiger partial charge is 0.462 e. The van der Waals surface area contributed by atoms with Crippen LogP contribution in [0.4, 0.5) is 0 Å². The van der Waals surface area contributed by atoms with Crippen LogP contribution in [0.2, 0.25) is 0 Å². The Labute approximate surface area is 187 Å². The molecule has 0 aromatic rings. The Morgan fingerprint density at radius 3 is 2.42 bits per heavy atom. The van der Waals surface area contributed by atoms with E-state index < -0.39 is 0 Å². The number of ether oxygens (including phenoxy) is 2. The highest BCUT2D eigenvalue weighted by Crippen LogP contribution is 2.77. The van der Waals surface area contributed by atoms with Gasteiger partial charge in [-0.3, -0.25) is 9.59 Å². The summed E-state index contributed by atoms with van der Waals surface area (Å²) in [6.45, 7) is 8.45. The highest BCUT2D eigenvalue weighted by Gasteiger charge is 2.78. The van der Waals surface area contributed by atoms with Gasteiger partial charge in [-0.1, -0.05) is 26.7 Å². The van der Waals surface area contributed by atoms with Crippen molar-refractivity contribution in [3.63, 3.8) is 0 Å². The molecule has 1 aliphatic heterocycles. The second kappa shape index (κ2) is 6.36. The second-order valence-electron chi connectivity index (χ2n) is 12.7. The van der Waals surface area contributed by atoms with E-state index in [0.717, 1.165) is 32.1 Å². The number of ketones is 1. The number of fused-ring (bicyclic) bond motifs is 6. The highest BCUT2D eigenvalue weighted by atomic mass is 16.6. The summed E-state index contributed by atoms with van der Waals surface area (Å²) in [6, 6.07) is 0. The van der Waals surface area contributed by atoms with E-state index in [4.69, 9.17) is 9.47 Å². The fourth-order valence-corrected chi connectivity index (χ4v) is 10.8.